The average molecular weight is 237 g/mol. The summed E-state index contributed by atoms with van der Waals surface area (Å²) in [6.45, 7) is 4.24. The van der Waals surface area contributed by atoms with E-state index in [1.807, 2.05) is 32.0 Å². The molecular weight excluding hydrogens is 224 g/mol. The van der Waals surface area contributed by atoms with Crippen LogP contribution in [0.3, 0.4) is 0 Å². The van der Waals surface area contributed by atoms with Gasteiger partial charge >= 0.3 is 0 Å². The highest BCUT2D eigenvalue weighted by atomic mass is 35.5. The minimum atomic E-state index is 0.423. The molecule has 0 radical (unpaired) electrons. The number of nitrogens with zero attached hydrogens (tertiary/aromatic N) is 1. The monoisotopic (exact) mass is 236 g/mol. The van der Waals surface area contributed by atoms with E-state index in [0.29, 0.717) is 6.54 Å². The maximum absolute atomic E-state index is 5.98. The highest BCUT2D eigenvalue weighted by Gasteiger charge is 2.13. The molecule has 2 rings (SSSR count). The molecule has 4 heteroatoms. The Balaban J connectivity index is 2.54. The quantitative estimate of drug-likeness (QED) is 0.872. The molecule has 0 amide bonds. The normalized spacial score (nSPS) is 10.8. The fraction of sp³-hybridized carbons (Fsp3) is 0.250. The Morgan fingerprint density at radius 2 is 2.12 bits per heavy atom. The lowest BCUT2D eigenvalue weighted by Crippen LogP contribution is -1.98. The zero-order chi connectivity index (χ0) is 11.7. The first-order valence-electron chi connectivity index (χ1n) is 5.05. The Hall–Kier alpha value is -1.32. The molecular formula is C12H13ClN2O. The Kier molecular flexibility index (Phi) is 2.99. The summed E-state index contributed by atoms with van der Waals surface area (Å²) in [6.07, 6.45) is 0. The molecule has 0 fully saturated rings. The predicted molar refractivity (Wildman–Crippen MR) is 64.3 cm³/mol. The average Bonchev–Trinajstić information content (AvgIpc) is 2.63. The zero-order valence-electron chi connectivity index (χ0n) is 9.25. The van der Waals surface area contributed by atoms with Crippen LogP contribution in [-0.2, 0) is 6.54 Å². The first kappa shape index (κ1) is 11.2. The van der Waals surface area contributed by atoms with Gasteiger partial charge in [-0.25, -0.2) is 0 Å². The van der Waals surface area contributed by atoms with Gasteiger partial charge in [0.1, 0.15) is 11.5 Å². The van der Waals surface area contributed by atoms with Crippen molar-refractivity contribution < 1.29 is 4.52 Å². The van der Waals surface area contributed by atoms with Crippen LogP contribution in [0.5, 0.6) is 0 Å². The number of rotatable bonds is 2. The summed E-state index contributed by atoms with van der Waals surface area (Å²) in [6, 6.07) is 5.76. The molecule has 84 valence electrons. The Morgan fingerprint density at radius 1 is 1.38 bits per heavy atom. The van der Waals surface area contributed by atoms with Crippen LogP contribution in [0.15, 0.2) is 22.7 Å². The summed E-state index contributed by atoms with van der Waals surface area (Å²) < 4.78 is 5.15. The van der Waals surface area contributed by atoms with Crippen LogP contribution in [0, 0.1) is 13.8 Å². The molecule has 0 saturated heterocycles. The summed E-state index contributed by atoms with van der Waals surface area (Å²) in [5.41, 5.74) is 9.43. The molecule has 0 bridgehead atoms. The van der Waals surface area contributed by atoms with Crippen LogP contribution in [-0.4, -0.2) is 5.16 Å². The van der Waals surface area contributed by atoms with E-state index in [4.69, 9.17) is 21.9 Å². The first-order valence-corrected chi connectivity index (χ1v) is 5.43. The number of aromatic nitrogens is 1. The molecule has 0 aliphatic heterocycles. The summed E-state index contributed by atoms with van der Waals surface area (Å²) >= 11 is 5.98. The van der Waals surface area contributed by atoms with Crippen LogP contribution in [0.25, 0.3) is 11.3 Å². The zero-order valence-corrected chi connectivity index (χ0v) is 10.0. The molecule has 0 atom stereocenters. The second-order valence-corrected chi connectivity index (χ2v) is 4.14. The van der Waals surface area contributed by atoms with Gasteiger partial charge in [0.2, 0.25) is 0 Å². The third-order valence-electron chi connectivity index (χ3n) is 2.62. The number of aryl methyl sites for hydroxylation is 2. The number of nitrogens with two attached hydrogens (primary N) is 1. The lowest BCUT2D eigenvalue weighted by Gasteiger charge is -2.02. The second kappa shape index (κ2) is 4.28. The lowest BCUT2D eigenvalue weighted by atomic mass is 10.0. The number of hydrogen-bond acceptors (Lipinski definition) is 3. The van der Waals surface area contributed by atoms with E-state index >= 15 is 0 Å². The van der Waals surface area contributed by atoms with Crippen LogP contribution in [0.2, 0.25) is 5.02 Å². The van der Waals surface area contributed by atoms with Gasteiger partial charge in [-0.2, -0.15) is 0 Å². The SMILES string of the molecule is Cc1cc(-c2noc(C)c2CN)ccc1Cl. The molecule has 0 unspecified atom stereocenters. The van der Waals surface area contributed by atoms with Crippen molar-refractivity contribution in [1.82, 2.24) is 5.16 Å². The van der Waals surface area contributed by atoms with Crippen molar-refractivity contribution in [2.75, 3.05) is 0 Å². The predicted octanol–water partition coefficient (Wildman–Crippen LogP) is 3.07. The van der Waals surface area contributed by atoms with Gasteiger partial charge in [0, 0.05) is 22.7 Å². The minimum absolute atomic E-state index is 0.423. The van der Waals surface area contributed by atoms with E-state index in [9.17, 15) is 0 Å². The van der Waals surface area contributed by atoms with Gasteiger partial charge in [0.05, 0.1) is 0 Å². The second-order valence-electron chi connectivity index (χ2n) is 3.73. The number of hydrogen-bond donors (Lipinski definition) is 1. The minimum Gasteiger partial charge on any atom is -0.361 e. The van der Waals surface area contributed by atoms with E-state index < -0.39 is 0 Å². The summed E-state index contributed by atoms with van der Waals surface area (Å²) in [7, 11) is 0. The van der Waals surface area contributed by atoms with E-state index in [1.165, 1.54) is 0 Å². The van der Waals surface area contributed by atoms with Crippen LogP contribution in [0.4, 0.5) is 0 Å². The van der Waals surface area contributed by atoms with E-state index in [0.717, 1.165) is 33.2 Å². The van der Waals surface area contributed by atoms with Crippen molar-refractivity contribution in [3.63, 3.8) is 0 Å². The van der Waals surface area contributed by atoms with Crippen molar-refractivity contribution in [2.24, 2.45) is 5.73 Å². The molecule has 2 N–H and O–H groups in total. The van der Waals surface area contributed by atoms with Gasteiger partial charge < -0.3 is 10.3 Å². The van der Waals surface area contributed by atoms with Gasteiger partial charge in [-0.15, -0.1) is 0 Å². The van der Waals surface area contributed by atoms with Crippen LogP contribution < -0.4 is 5.73 Å². The van der Waals surface area contributed by atoms with Crippen molar-refractivity contribution in [1.29, 1.82) is 0 Å². The van der Waals surface area contributed by atoms with E-state index in [1.54, 1.807) is 0 Å². The van der Waals surface area contributed by atoms with E-state index in [2.05, 4.69) is 5.16 Å². The molecule has 1 heterocycles. The topological polar surface area (TPSA) is 52.0 Å². The van der Waals surface area contributed by atoms with Crippen molar-refractivity contribution in [3.05, 3.63) is 40.1 Å². The molecule has 3 nitrogen and oxygen atoms in total. The Bertz CT molecular complexity index is 520. The van der Waals surface area contributed by atoms with Gasteiger partial charge in [0.15, 0.2) is 0 Å². The number of benzene rings is 1. The highest BCUT2D eigenvalue weighted by molar-refractivity contribution is 6.31. The summed E-state index contributed by atoms with van der Waals surface area (Å²) in [5.74, 6) is 0.769. The Labute approximate surface area is 99.2 Å². The fourth-order valence-corrected chi connectivity index (χ4v) is 1.77. The standard InChI is InChI=1S/C12H13ClN2O/c1-7-5-9(3-4-11(7)13)12-10(6-14)8(2)16-15-12/h3-5H,6,14H2,1-2H3. The summed E-state index contributed by atoms with van der Waals surface area (Å²) in [4.78, 5) is 0. The smallest absolute Gasteiger partial charge is 0.138 e. The molecule has 2 aromatic rings. The van der Waals surface area contributed by atoms with Gasteiger partial charge in [-0.3, -0.25) is 0 Å². The largest absolute Gasteiger partial charge is 0.361 e. The third-order valence-corrected chi connectivity index (χ3v) is 3.04. The third kappa shape index (κ3) is 1.84. The maximum Gasteiger partial charge on any atom is 0.138 e. The van der Waals surface area contributed by atoms with Gasteiger partial charge in [-0.1, -0.05) is 22.8 Å². The van der Waals surface area contributed by atoms with Crippen LogP contribution in [0.1, 0.15) is 16.9 Å². The van der Waals surface area contributed by atoms with Crippen LogP contribution >= 0.6 is 11.6 Å². The maximum atomic E-state index is 5.98. The molecule has 0 spiro atoms. The molecule has 0 saturated carbocycles. The highest BCUT2D eigenvalue weighted by Crippen LogP contribution is 2.27. The fourth-order valence-electron chi connectivity index (χ4n) is 1.65. The summed E-state index contributed by atoms with van der Waals surface area (Å²) in [5, 5.41) is 4.78. The molecule has 16 heavy (non-hydrogen) atoms. The van der Waals surface area contributed by atoms with Crippen molar-refractivity contribution in [2.45, 2.75) is 20.4 Å². The lowest BCUT2D eigenvalue weighted by molar-refractivity contribution is 0.398. The van der Waals surface area contributed by atoms with Gasteiger partial charge in [0.25, 0.3) is 0 Å². The first-order chi connectivity index (χ1) is 7.63. The van der Waals surface area contributed by atoms with Crippen molar-refractivity contribution >= 4 is 11.6 Å². The number of halogens is 1. The molecule has 0 aliphatic rings. The van der Waals surface area contributed by atoms with E-state index in [-0.39, 0.29) is 0 Å². The molecule has 1 aromatic heterocycles. The van der Waals surface area contributed by atoms with Gasteiger partial charge in [-0.05, 0) is 31.5 Å². The molecule has 1 aromatic carbocycles. The molecule has 0 aliphatic carbocycles. The Morgan fingerprint density at radius 3 is 2.75 bits per heavy atom. The van der Waals surface area contributed by atoms with Crippen molar-refractivity contribution in [3.8, 4) is 11.3 Å².